The largest absolute Gasteiger partial charge is 0.103 e. The van der Waals surface area contributed by atoms with Gasteiger partial charge in [0, 0.05) is 0 Å². The molecule has 0 saturated carbocycles. The van der Waals surface area contributed by atoms with Crippen LogP contribution in [-0.2, 0) is 6.42 Å². The van der Waals surface area contributed by atoms with Crippen LogP contribution in [0.25, 0.3) is 0 Å². The summed E-state index contributed by atoms with van der Waals surface area (Å²) in [5, 5.41) is 1.65. The predicted molar refractivity (Wildman–Crippen MR) is 68.1 cm³/mol. The van der Waals surface area contributed by atoms with Gasteiger partial charge in [-0.05, 0) is 12.0 Å². The van der Waals surface area contributed by atoms with Gasteiger partial charge in [0.2, 0.25) is 0 Å². The predicted octanol–water partition coefficient (Wildman–Crippen LogP) is 2.89. The summed E-state index contributed by atoms with van der Waals surface area (Å²) in [6.45, 7) is 8.47. The Bertz CT molecular complexity index is 287. The average molecular weight is 204 g/mol. The molecule has 76 valence electrons. The highest BCUT2D eigenvalue weighted by Crippen LogP contribution is 2.05. The zero-order valence-corrected chi connectivity index (χ0v) is 10.4. The molecule has 1 aromatic rings. The molecule has 1 heteroatoms. The lowest BCUT2D eigenvalue weighted by atomic mass is 10.1. The van der Waals surface area contributed by atoms with Crippen LogP contribution in [0.4, 0.5) is 0 Å². The third kappa shape index (κ3) is 2.58. The molecule has 0 nitrogen and oxygen atoms in total. The highest BCUT2D eigenvalue weighted by atomic mass is 28.3. The minimum Gasteiger partial charge on any atom is -0.103 e. The standard InChI is InChI=1S/C13H20Si/c1-4-9-12-10-7-8-11-13(12)14(5-2)6-3/h4,7-8,10-11,14H,1,5-6,9H2,2-3H3. The van der Waals surface area contributed by atoms with E-state index in [4.69, 9.17) is 0 Å². The molecule has 0 aliphatic rings. The van der Waals surface area contributed by atoms with Crippen molar-refractivity contribution in [3.05, 3.63) is 42.5 Å². The van der Waals surface area contributed by atoms with Crippen LogP contribution in [0.15, 0.2) is 36.9 Å². The van der Waals surface area contributed by atoms with Crippen molar-refractivity contribution in [2.45, 2.75) is 32.4 Å². The first-order valence-corrected chi connectivity index (χ1v) is 7.73. The van der Waals surface area contributed by atoms with Crippen molar-refractivity contribution in [1.82, 2.24) is 0 Å². The summed E-state index contributed by atoms with van der Waals surface area (Å²) in [4.78, 5) is 0. The van der Waals surface area contributed by atoms with Gasteiger partial charge in [-0.1, -0.05) is 61.5 Å². The molecule has 0 aromatic heterocycles. The maximum Gasteiger partial charge on any atom is 0.0706 e. The van der Waals surface area contributed by atoms with E-state index in [2.05, 4.69) is 44.7 Å². The summed E-state index contributed by atoms with van der Waals surface area (Å²) < 4.78 is 0. The van der Waals surface area contributed by atoms with Crippen LogP contribution in [0.5, 0.6) is 0 Å². The highest BCUT2D eigenvalue weighted by molar-refractivity contribution is 6.73. The molecular formula is C13H20Si. The Morgan fingerprint density at radius 1 is 1.21 bits per heavy atom. The zero-order valence-electron chi connectivity index (χ0n) is 9.29. The Morgan fingerprint density at radius 2 is 1.86 bits per heavy atom. The van der Waals surface area contributed by atoms with E-state index in [1.165, 1.54) is 17.7 Å². The van der Waals surface area contributed by atoms with Crippen LogP contribution >= 0.6 is 0 Å². The first kappa shape index (κ1) is 11.3. The van der Waals surface area contributed by atoms with Crippen molar-refractivity contribution in [2.75, 3.05) is 0 Å². The van der Waals surface area contributed by atoms with E-state index in [1.54, 1.807) is 5.19 Å². The topological polar surface area (TPSA) is 0 Å². The smallest absolute Gasteiger partial charge is 0.0706 e. The molecule has 0 amide bonds. The minimum atomic E-state index is -0.669. The van der Waals surface area contributed by atoms with Crippen LogP contribution in [0.3, 0.4) is 0 Å². The zero-order chi connectivity index (χ0) is 10.4. The number of rotatable bonds is 5. The minimum absolute atomic E-state index is 0.669. The monoisotopic (exact) mass is 204 g/mol. The molecule has 0 aliphatic heterocycles. The van der Waals surface area contributed by atoms with Gasteiger partial charge in [0.1, 0.15) is 0 Å². The van der Waals surface area contributed by atoms with Crippen LogP contribution in [0, 0.1) is 0 Å². The fraction of sp³-hybridized carbons (Fsp3) is 0.385. The first-order chi connectivity index (χ1) is 6.83. The van der Waals surface area contributed by atoms with Gasteiger partial charge in [0.05, 0.1) is 8.80 Å². The quantitative estimate of drug-likeness (QED) is 0.511. The Hall–Kier alpha value is -0.823. The molecule has 0 atom stereocenters. The maximum atomic E-state index is 3.82. The van der Waals surface area contributed by atoms with Crippen LogP contribution in [-0.4, -0.2) is 8.80 Å². The van der Waals surface area contributed by atoms with Gasteiger partial charge >= 0.3 is 0 Å². The molecular weight excluding hydrogens is 184 g/mol. The van der Waals surface area contributed by atoms with Gasteiger partial charge in [-0.25, -0.2) is 0 Å². The van der Waals surface area contributed by atoms with Crippen molar-refractivity contribution in [1.29, 1.82) is 0 Å². The molecule has 1 aromatic carbocycles. The maximum absolute atomic E-state index is 3.82. The lowest BCUT2D eigenvalue weighted by Gasteiger charge is -2.15. The van der Waals surface area contributed by atoms with E-state index < -0.39 is 8.80 Å². The fourth-order valence-electron chi connectivity index (χ4n) is 2.00. The Morgan fingerprint density at radius 3 is 2.43 bits per heavy atom. The number of hydrogen-bond donors (Lipinski definition) is 0. The van der Waals surface area contributed by atoms with E-state index in [1.807, 2.05) is 6.08 Å². The van der Waals surface area contributed by atoms with Crippen LogP contribution in [0.2, 0.25) is 12.1 Å². The second-order valence-corrected chi connectivity index (χ2v) is 7.35. The van der Waals surface area contributed by atoms with Crippen molar-refractivity contribution in [2.24, 2.45) is 0 Å². The summed E-state index contributed by atoms with van der Waals surface area (Å²) in [6.07, 6.45) is 3.04. The fourth-order valence-corrected chi connectivity index (χ4v) is 4.58. The van der Waals surface area contributed by atoms with Gasteiger partial charge in [-0.3, -0.25) is 0 Å². The number of benzene rings is 1. The number of allylic oxidation sites excluding steroid dienone is 1. The van der Waals surface area contributed by atoms with Crippen molar-refractivity contribution in [3.8, 4) is 0 Å². The lowest BCUT2D eigenvalue weighted by molar-refractivity contribution is 1.27. The van der Waals surface area contributed by atoms with E-state index in [9.17, 15) is 0 Å². The van der Waals surface area contributed by atoms with Gasteiger partial charge in [0.15, 0.2) is 0 Å². The van der Waals surface area contributed by atoms with Gasteiger partial charge in [-0.15, -0.1) is 6.58 Å². The summed E-state index contributed by atoms with van der Waals surface area (Å²) in [5.74, 6) is 0. The summed E-state index contributed by atoms with van der Waals surface area (Å²) in [7, 11) is -0.669. The molecule has 0 heterocycles. The van der Waals surface area contributed by atoms with E-state index in [0.29, 0.717) is 0 Å². The molecule has 0 N–H and O–H groups in total. The summed E-state index contributed by atoms with van der Waals surface area (Å²) in [5.41, 5.74) is 1.50. The molecule has 0 saturated heterocycles. The molecule has 0 fully saturated rings. The van der Waals surface area contributed by atoms with E-state index in [0.717, 1.165) is 6.42 Å². The van der Waals surface area contributed by atoms with Crippen molar-refractivity contribution >= 4 is 14.0 Å². The second-order valence-electron chi connectivity index (χ2n) is 3.71. The van der Waals surface area contributed by atoms with Crippen LogP contribution < -0.4 is 5.19 Å². The second kappa shape index (κ2) is 5.81. The average Bonchev–Trinajstić information content (AvgIpc) is 2.23. The highest BCUT2D eigenvalue weighted by Gasteiger charge is 2.11. The normalized spacial score (nSPS) is 10.5. The van der Waals surface area contributed by atoms with Gasteiger partial charge in [-0.2, -0.15) is 0 Å². The Labute approximate surface area is 89.3 Å². The molecule has 0 spiro atoms. The SMILES string of the molecule is C=CCc1ccccc1[SiH](CC)CC. The van der Waals surface area contributed by atoms with Gasteiger partial charge in [0.25, 0.3) is 0 Å². The van der Waals surface area contributed by atoms with Gasteiger partial charge < -0.3 is 0 Å². The summed E-state index contributed by atoms with van der Waals surface area (Å²) >= 11 is 0. The number of hydrogen-bond acceptors (Lipinski definition) is 0. The molecule has 1 rings (SSSR count). The van der Waals surface area contributed by atoms with E-state index in [-0.39, 0.29) is 0 Å². The molecule has 0 unspecified atom stereocenters. The van der Waals surface area contributed by atoms with Crippen LogP contribution in [0.1, 0.15) is 19.4 Å². The first-order valence-electron chi connectivity index (χ1n) is 5.52. The Balaban J connectivity index is 2.98. The molecule has 0 aliphatic carbocycles. The molecule has 0 bridgehead atoms. The third-order valence-corrected chi connectivity index (χ3v) is 6.26. The van der Waals surface area contributed by atoms with Crippen molar-refractivity contribution in [3.63, 3.8) is 0 Å². The third-order valence-electron chi connectivity index (χ3n) is 2.84. The van der Waals surface area contributed by atoms with Crippen molar-refractivity contribution < 1.29 is 0 Å². The Kier molecular flexibility index (Phi) is 4.67. The molecule has 0 radical (unpaired) electrons. The summed E-state index contributed by atoms with van der Waals surface area (Å²) in [6, 6.07) is 11.6. The van der Waals surface area contributed by atoms with E-state index >= 15 is 0 Å². The molecule has 14 heavy (non-hydrogen) atoms. The lowest BCUT2D eigenvalue weighted by Crippen LogP contribution is -2.31.